The summed E-state index contributed by atoms with van der Waals surface area (Å²) in [6.45, 7) is 1.13. The van der Waals surface area contributed by atoms with Gasteiger partial charge < -0.3 is 10.2 Å². The molecular formula is C21H19BrN4O2S. The molecule has 3 heterocycles. The minimum absolute atomic E-state index is 0.0438. The van der Waals surface area contributed by atoms with Gasteiger partial charge in [-0.2, -0.15) is 0 Å². The van der Waals surface area contributed by atoms with E-state index >= 15 is 0 Å². The van der Waals surface area contributed by atoms with E-state index in [1.807, 2.05) is 30.3 Å². The van der Waals surface area contributed by atoms with E-state index < -0.39 is 0 Å². The van der Waals surface area contributed by atoms with Gasteiger partial charge in [0.15, 0.2) is 0 Å². The van der Waals surface area contributed by atoms with Gasteiger partial charge in [-0.3, -0.25) is 9.59 Å². The van der Waals surface area contributed by atoms with Crippen LogP contribution in [-0.4, -0.2) is 39.8 Å². The molecule has 1 aromatic carbocycles. The molecule has 148 valence electrons. The molecule has 0 saturated carbocycles. The normalized spacial score (nSPS) is 15.1. The number of halogens is 1. The number of piperidine rings is 1. The summed E-state index contributed by atoms with van der Waals surface area (Å²) in [5, 5.41) is 3.66. The third kappa shape index (κ3) is 4.89. The van der Waals surface area contributed by atoms with Gasteiger partial charge in [-0.05, 0) is 59.1 Å². The monoisotopic (exact) mass is 470 g/mol. The Hall–Kier alpha value is -2.58. The maximum absolute atomic E-state index is 12.5. The maximum Gasteiger partial charge on any atom is 0.246 e. The van der Waals surface area contributed by atoms with E-state index in [2.05, 4.69) is 31.2 Å². The highest BCUT2D eigenvalue weighted by molar-refractivity contribution is 9.10. The SMILES string of the molecule is O=C(Nc1ccc(Br)cn1)C1CCN(C(=O)/C=C/c2nc3ccccc3s2)CC1. The van der Waals surface area contributed by atoms with Gasteiger partial charge in [0.05, 0.1) is 10.2 Å². The van der Waals surface area contributed by atoms with Crippen molar-refractivity contribution in [1.82, 2.24) is 14.9 Å². The molecule has 0 radical (unpaired) electrons. The Morgan fingerprint density at radius 3 is 2.69 bits per heavy atom. The van der Waals surface area contributed by atoms with Crippen molar-refractivity contribution in [3.05, 3.63) is 58.2 Å². The molecule has 2 aromatic heterocycles. The molecule has 0 spiro atoms. The molecule has 2 amide bonds. The number of benzene rings is 1. The number of pyridine rings is 1. The number of hydrogen-bond acceptors (Lipinski definition) is 5. The average Bonchev–Trinajstić information content (AvgIpc) is 3.17. The van der Waals surface area contributed by atoms with Crippen molar-refractivity contribution in [2.45, 2.75) is 12.8 Å². The lowest BCUT2D eigenvalue weighted by Crippen LogP contribution is -2.40. The summed E-state index contributed by atoms with van der Waals surface area (Å²) in [6, 6.07) is 11.5. The van der Waals surface area contributed by atoms with E-state index in [1.165, 1.54) is 0 Å². The number of anilines is 1. The third-order valence-corrected chi connectivity index (χ3v) is 6.31. The van der Waals surface area contributed by atoms with Crippen LogP contribution in [0.2, 0.25) is 0 Å². The molecule has 1 aliphatic heterocycles. The minimum Gasteiger partial charge on any atom is -0.339 e. The van der Waals surface area contributed by atoms with Crippen molar-refractivity contribution < 1.29 is 9.59 Å². The standard InChI is InChI=1S/C21H19BrN4O2S/c22-15-5-6-18(23-13-15)25-21(28)14-9-11-26(12-10-14)20(27)8-7-19-24-16-3-1-2-4-17(16)29-19/h1-8,13-14H,9-12H2,(H,23,25,28)/b8-7+. The molecule has 29 heavy (non-hydrogen) atoms. The van der Waals surface area contributed by atoms with Crippen LogP contribution in [0.15, 0.2) is 53.1 Å². The van der Waals surface area contributed by atoms with E-state index in [1.54, 1.807) is 40.7 Å². The average molecular weight is 471 g/mol. The molecule has 8 heteroatoms. The van der Waals surface area contributed by atoms with Crippen molar-refractivity contribution in [1.29, 1.82) is 0 Å². The lowest BCUT2D eigenvalue weighted by molar-refractivity contribution is -0.130. The van der Waals surface area contributed by atoms with Crippen LogP contribution in [-0.2, 0) is 9.59 Å². The molecule has 0 atom stereocenters. The van der Waals surface area contributed by atoms with Crippen LogP contribution in [0.5, 0.6) is 0 Å². The summed E-state index contributed by atoms with van der Waals surface area (Å²) >= 11 is 4.88. The molecule has 0 aliphatic carbocycles. The van der Waals surface area contributed by atoms with Crippen LogP contribution >= 0.6 is 27.3 Å². The van der Waals surface area contributed by atoms with Gasteiger partial charge in [0.1, 0.15) is 10.8 Å². The van der Waals surface area contributed by atoms with Crippen molar-refractivity contribution in [2.24, 2.45) is 5.92 Å². The van der Waals surface area contributed by atoms with Gasteiger partial charge in [0.2, 0.25) is 11.8 Å². The number of aromatic nitrogens is 2. The summed E-state index contributed by atoms with van der Waals surface area (Å²) in [4.78, 5) is 35.4. The van der Waals surface area contributed by atoms with E-state index in [4.69, 9.17) is 0 Å². The predicted molar refractivity (Wildman–Crippen MR) is 119 cm³/mol. The number of nitrogens with one attached hydrogen (secondary N) is 1. The number of para-hydroxylation sites is 1. The fraction of sp³-hybridized carbons (Fsp3) is 0.238. The van der Waals surface area contributed by atoms with Crippen LogP contribution < -0.4 is 5.32 Å². The summed E-state index contributed by atoms with van der Waals surface area (Å²) < 4.78 is 1.97. The molecule has 4 rings (SSSR count). The number of likely N-dealkylation sites (tertiary alicyclic amines) is 1. The van der Waals surface area contributed by atoms with E-state index in [0.29, 0.717) is 31.7 Å². The highest BCUT2D eigenvalue weighted by atomic mass is 79.9. The van der Waals surface area contributed by atoms with Crippen molar-refractivity contribution in [2.75, 3.05) is 18.4 Å². The lowest BCUT2D eigenvalue weighted by Gasteiger charge is -2.30. The number of nitrogens with zero attached hydrogens (tertiary/aromatic N) is 3. The van der Waals surface area contributed by atoms with E-state index in [0.717, 1.165) is 19.7 Å². The van der Waals surface area contributed by atoms with E-state index in [-0.39, 0.29) is 17.7 Å². The van der Waals surface area contributed by atoms with Crippen LogP contribution in [0.1, 0.15) is 17.8 Å². The van der Waals surface area contributed by atoms with E-state index in [9.17, 15) is 9.59 Å². The van der Waals surface area contributed by atoms with Crippen molar-refractivity contribution in [3.8, 4) is 0 Å². The highest BCUT2D eigenvalue weighted by Crippen LogP contribution is 2.23. The zero-order valence-electron chi connectivity index (χ0n) is 15.5. The van der Waals surface area contributed by atoms with Gasteiger partial charge in [-0.1, -0.05) is 12.1 Å². The molecule has 1 N–H and O–H groups in total. The van der Waals surface area contributed by atoms with Crippen LogP contribution in [0.4, 0.5) is 5.82 Å². The number of carbonyl (C=O) groups is 2. The second kappa shape index (κ2) is 8.84. The minimum atomic E-state index is -0.113. The Morgan fingerprint density at radius 1 is 1.17 bits per heavy atom. The maximum atomic E-state index is 12.5. The Morgan fingerprint density at radius 2 is 1.97 bits per heavy atom. The van der Waals surface area contributed by atoms with Crippen LogP contribution in [0, 0.1) is 5.92 Å². The van der Waals surface area contributed by atoms with Gasteiger partial charge in [-0.15, -0.1) is 11.3 Å². The Kier molecular flexibility index (Phi) is 6.01. The van der Waals surface area contributed by atoms with Gasteiger partial charge in [0.25, 0.3) is 0 Å². The lowest BCUT2D eigenvalue weighted by atomic mass is 9.96. The number of rotatable bonds is 4. The summed E-state index contributed by atoms with van der Waals surface area (Å²) in [5.74, 6) is 0.336. The Bertz CT molecular complexity index is 1020. The summed E-state index contributed by atoms with van der Waals surface area (Å²) in [6.07, 6.45) is 6.27. The van der Waals surface area contributed by atoms with Gasteiger partial charge in [-0.25, -0.2) is 9.97 Å². The van der Waals surface area contributed by atoms with Gasteiger partial charge >= 0.3 is 0 Å². The molecule has 0 bridgehead atoms. The first-order valence-electron chi connectivity index (χ1n) is 9.33. The molecular weight excluding hydrogens is 452 g/mol. The second-order valence-electron chi connectivity index (χ2n) is 6.80. The molecule has 6 nitrogen and oxygen atoms in total. The topological polar surface area (TPSA) is 75.2 Å². The van der Waals surface area contributed by atoms with Crippen molar-refractivity contribution >= 4 is 61.2 Å². The van der Waals surface area contributed by atoms with Crippen LogP contribution in [0.3, 0.4) is 0 Å². The van der Waals surface area contributed by atoms with Crippen molar-refractivity contribution in [3.63, 3.8) is 0 Å². The molecule has 1 fully saturated rings. The Labute approximate surface area is 180 Å². The first-order valence-corrected chi connectivity index (χ1v) is 10.9. The number of amides is 2. The fourth-order valence-corrected chi connectivity index (χ4v) is 4.35. The third-order valence-electron chi connectivity index (χ3n) is 4.83. The first-order chi connectivity index (χ1) is 14.1. The zero-order valence-corrected chi connectivity index (χ0v) is 17.9. The number of thiazole rings is 1. The predicted octanol–water partition coefficient (Wildman–Crippen LogP) is 4.34. The molecule has 0 unspecified atom stereocenters. The number of fused-ring (bicyclic) bond motifs is 1. The molecule has 1 aliphatic rings. The first kappa shape index (κ1) is 19.7. The number of hydrogen-bond donors (Lipinski definition) is 1. The second-order valence-corrected chi connectivity index (χ2v) is 8.78. The van der Waals surface area contributed by atoms with Crippen LogP contribution in [0.25, 0.3) is 16.3 Å². The quantitative estimate of drug-likeness (QED) is 0.575. The summed E-state index contributed by atoms with van der Waals surface area (Å²) in [7, 11) is 0. The molecule has 1 saturated heterocycles. The largest absolute Gasteiger partial charge is 0.339 e. The number of carbonyl (C=O) groups excluding carboxylic acids is 2. The highest BCUT2D eigenvalue weighted by Gasteiger charge is 2.26. The smallest absolute Gasteiger partial charge is 0.246 e. The summed E-state index contributed by atoms with van der Waals surface area (Å²) in [5.41, 5.74) is 0.941. The fourth-order valence-electron chi connectivity index (χ4n) is 3.25. The zero-order chi connectivity index (χ0) is 20.2. The van der Waals surface area contributed by atoms with Gasteiger partial charge in [0, 0.05) is 35.8 Å². The molecule has 3 aromatic rings. The Balaban J connectivity index is 1.29.